The summed E-state index contributed by atoms with van der Waals surface area (Å²) in [5, 5.41) is 10.7. The van der Waals surface area contributed by atoms with Crippen LogP contribution >= 0.6 is 46.4 Å². The van der Waals surface area contributed by atoms with Gasteiger partial charge in [0.1, 0.15) is 11.5 Å². The lowest BCUT2D eigenvalue weighted by Gasteiger charge is -2.14. The Morgan fingerprint density at radius 1 is 0.875 bits per heavy atom. The summed E-state index contributed by atoms with van der Waals surface area (Å²) in [6.07, 6.45) is 0. The molecule has 0 radical (unpaired) electrons. The van der Waals surface area contributed by atoms with Crippen LogP contribution < -0.4 is 14.2 Å². The van der Waals surface area contributed by atoms with Gasteiger partial charge in [0.2, 0.25) is 0 Å². The molecule has 0 heterocycles. The Kier molecular flexibility index (Phi) is 7.26. The zero-order valence-electron chi connectivity index (χ0n) is 15.9. The Balaban J connectivity index is 1.89. The molecule has 3 rings (SSSR count). The molecule has 0 atom stereocenters. The molecule has 0 bridgehead atoms. The summed E-state index contributed by atoms with van der Waals surface area (Å²) in [5.74, 6) is 0.352. The van der Waals surface area contributed by atoms with Crippen LogP contribution in [-0.4, -0.2) is 20.5 Å². The highest BCUT2D eigenvalue weighted by Gasteiger charge is 2.21. The summed E-state index contributed by atoms with van der Waals surface area (Å²) in [6, 6.07) is 10.2. The molecule has 3 aromatic rings. The number of nitro groups is 1. The Bertz CT molecular complexity index is 1290. The lowest BCUT2D eigenvalue weighted by molar-refractivity contribution is -0.384. The highest BCUT2D eigenvalue weighted by atomic mass is 35.5. The molecule has 3 aromatic carbocycles. The number of methoxy groups -OCH3 is 1. The van der Waals surface area contributed by atoms with Gasteiger partial charge in [-0.25, -0.2) is 8.42 Å². The van der Waals surface area contributed by atoms with E-state index in [9.17, 15) is 18.5 Å². The van der Waals surface area contributed by atoms with Gasteiger partial charge in [-0.05, 0) is 36.4 Å². The minimum absolute atomic E-state index is 0.0441. The molecule has 168 valence electrons. The van der Waals surface area contributed by atoms with Crippen LogP contribution in [0.4, 0.5) is 11.4 Å². The van der Waals surface area contributed by atoms with Crippen molar-refractivity contribution < 1.29 is 22.8 Å². The van der Waals surface area contributed by atoms with Crippen LogP contribution in [0.3, 0.4) is 0 Å². The fourth-order valence-electron chi connectivity index (χ4n) is 2.53. The molecule has 0 aliphatic rings. The van der Waals surface area contributed by atoms with Gasteiger partial charge in [-0.15, -0.1) is 0 Å². The normalized spacial score (nSPS) is 11.2. The third kappa shape index (κ3) is 5.31. The number of nitrogens with one attached hydrogen (secondary N) is 1. The quantitative estimate of drug-likeness (QED) is 0.262. The zero-order valence-corrected chi connectivity index (χ0v) is 19.8. The highest BCUT2D eigenvalue weighted by Crippen LogP contribution is 2.41. The number of sulfonamides is 1. The largest absolute Gasteiger partial charge is 0.495 e. The Labute approximate surface area is 202 Å². The third-order valence-corrected chi connectivity index (χ3v) is 6.54. The van der Waals surface area contributed by atoms with Gasteiger partial charge >= 0.3 is 0 Å². The predicted molar refractivity (Wildman–Crippen MR) is 123 cm³/mol. The van der Waals surface area contributed by atoms with E-state index in [0.29, 0.717) is 5.75 Å². The van der Waals surface area contributed by atoms with Gasteiger partial charge < -0.3 is 9.47 Å². The summed E-state index contributed by atoms with van der Waals surface area (Å²) >= 11 is 24.4. The van der Waals surface area contributed by atoms with E-state index in [0.717, 1.165) is 18.2 Å². The molecule has 13 heteroatoms. The van der Waals surface area contributed by atoms with Crippen LogP contribution in [0.25, 0.3) is 0 Å². The minimum Gasteiger partial charge on any atom is -0.495 e. The number of hydrogen-bond donors (Lipinski definition) is 1. The number of hydrogen-bond acceptors (Lipinski definition) is 6. The third-order valence-electron chi connectivity index (χ3n) is 4.02. The van der Waals surface area contributed by atoms with Crippen LogP contribution in [0, 0.1) is 10.1 Å². The van der Waals surface area contributed by atoms with Crippen LogP contribution in [0.15, 0.2) is 53.4 Å². The fraction of sp³-hybridized carbons (Fsp3) is 0.0526. The Morgan fingerprint density at radius 2 is 1.47 bits per heavy atom. The van der Waals surface area contributed by atoms with Crippen molar-refractivity contribution in [2.75, 3.05) is 11.8 Å². The number of anilines is 1. The number of nitrogens with zero attached hydrogens (tertiary/aromatic N) is 1. The van der Waals surface area contributed by atoms with Gasteiger partial charge in [-0.2, -0.15) is 0 Å². The van der Waals surface area contributed by atoms with E-state index >= 15 is 0 Å². The molecule has 0 aliphatic carbocycles. The molecule has 0 spiro atoms. The molecule has 0 aromatic heterocycles. The molecule has 0 amide bonds. The van der Waals surface area contributed by atoms with Crippen molar-refractivity contribution in [2.24, 2.45) is 0 Å². The molecule has 1 N–H and O–H groups in total. The Hall–Kier alpha value is -2.43. The van der Waals surface area contributed by atoms with Gasteiger partial charge in [0.05, 0.1) is 42.7 Å². The molecule has 0 unspecified atom stereocenters. The summed E-state index contributed by atoms with van der Waals surface area (Å²) in [7, 11) is -2.65. The van der Waals surface area contributed by atoms with Crippen molar-refractivity contribution in [3.63, 3.8) is 0 Å². The van der Waals surface area contributed by atoms with Crippen LogP contribution in [0.1, 0.15) is 0 Å². The van der Waals surface area contributed by atoms with Crippen LogP contribution in [0.5, 0.6) is 17.2 Å². The van der Waals surface area contributed by atoms with Gasteiger partial charge in [-0.3, -0.25) is 14.8 Å². The van der Waals surface area contributed by atoms with Crippen LogP contribution in [-0.2, 0) is 10.0 Å². The molecular formula is C19H12Cl4N2O6S. The topological polar surface area (TPSA) is 108 Å². The first-order valence-corrected chi connectivity index (χ1v) is 11.5. The summed E-state index contributed by atoms with van der Waals surface area (Å²) < 4.78 is 38.5. The van der Waals surface area contributed by atoms with E-state index in [2.05, 4.69) is 4.72 Å². The standard InChI is InChI=1S/C19H12Cl4N2O6S/c1-30-17-4-2-10(6-13(17)20)24-32(28,29)12-8-15(22)19(16(23)9-12)31-18-5-3-11(25(26)27)7-14(18)21/h2-9,24H,1H3. The minimum atomic E-state index is -4.08. The number of benzene rings is 3. The van der Waals surface area contributed by atoms with Crippen molar-refractivity contribution in [1.82, 2.24) is 0 Å². The van der Waals surface area contributed by atoms with Gasteiger partial charge in [0.25, 0.3) is 15.7 Å². The first kappa shape index (κ1) is 24.2. The second-order valence-electron chi connectivity index (χ2n) is 6.14. The molecule has 0 fully saturated rings. The van der Waals surface area contributed by atoms with E-state index < -0.39 is 14.9 Å². The predicted octanol–water partition coefficient (Wildman–Crippen LogP) is 6.81. The molecule has 0 saturated heterocycles. The lowest BCUT2D eigenvalue weighted by atomic mass is 10.3. The average Bonchev–Trinajstić information content (AvgIpc) is 2.71. The SMILES string of the molecule is COc1ccc(NS(=O)(=O)c2cc(Cl)c(Oc3ccc([N+](=O)[O-])cc3Cl)c(Cl)c2)cc1Cl. The van der Waals surface area contributed by atoms with Crippen LogP contribution in [0.2, 0.25) is 20.1 Å². The Morgan fingerprint density at radius 3 is 2.00 bits per heavy atom. The van der Waals surface area contributed by atoms with Crippen molar-refractivity contribution in [1.29, 1.82) is 0 Å². The smallest absolute Gasteiger partial charge is 0.271 e. The fourth-order valence-corrected chi connectivity index (χ4v) is 4.80. The second-order valence-corrected chi connectivity index (χ2v) is 9.46. The number of non-ortho nitro benzene ring substituents is 1. The monoisotopic (exact) mass is 536 g/mol. The van der Waals surface area contributed by atoms with Gasteiger partial charge in [0, 0.05) is 12.1 Å². The number of rotatable bonds is 7. The molecule has 0 saturated carbocycles. The molecule has 8 nitrogen and oxygen atoms in total. The van der Waals surface area contributed by atoms with E-state index in [4.69, 9.17) is 55.9 Å². The first-order valence-electron chi connectivity index (χ1n) is 8.49. The van der Waals surface area contributed by atoms with Crippen molar-refractivity contribution in [3.8, 4) is 17.2 Å². The first-order chi connectivity index (χ1) is 15.0. The van der Waals surface area contributed by atoms with Gasteiger partial charge in [-0.1, -0.05) is 46.4 Å². The van der Waals surface area contributed by atoms with E-state index in [1.807, 2.05) is 0 Å². The summed E-state index contributed by atoms with van der Waals surface area (Å²) in [6.45, 7) is 0. The van der Waals surface area contributed by atoms with E-state index in [1.165, 1.54) is 37.4 Å². The maximum absolute atomic E-state index is 12.8. The number of ether oxygens (including phenoxy) is 2. The molecule has 0 aliphatic heterocycles. The number of nitro benzene ring substituents is 1. The molecular weight excluding hydrogens is 526 g/mol. The second kappa shape index (κ2) is 9.60. The van der Waals surface area contributed by atoms with Gasteiger partial charge in [0.15, 0.2) is 5.75 Å². The molecule has 32 heavy (non-hydrogen) atoms. The van der Waals surface area contributed by atoms with Crippen molar-refractivity contribution in [3.05, 3.63) is 78.7 Å². The maximum atomic E-state index is 12.8. The maximum Gasteiger partial charge on any atom is 0.271 e. The lowest BCUT2D eigenvalue weighted by Crippen LogP contribution is -2.13. The van der Waals surface area contributed by atoms with Crippen molar-refractivity contribution >= 4 is 67.8 Å². The van der Waals surface area contributed by atoms with Crippen molar-refractivity contribution in [2.45, 2.75) is 4.90 Å². The number of halogens is 4. The van der Waals surface area contributed by atoms with E-state index in [1.54, 1.807) is 0 Å². The highest BCUT2D eigenvalue weighted by molar-refractivity contribution is 7.92. The zero-order chi connectivity index (χ0) is 23.6. The summed E-state index contributed by atoms with van der Waals surface area (Å²) in [5.41, 5.74) is -0.0354. The summed E-state index contributed by atoms with van der Waals surface area (Å²) in [4.78, 5) is 9.98. The average molecular weight is 538 g/mol. The van der Waals surface area contributed by atoms with E-state index in [-0.39, 0.29) is 47.9 Å².